The van der Waals surface area contributed by atoms with E-state index in [1.54, 1.807) is 72.8 Å². The van der Waals surface area contributed by atoms with Crippen LogP contribution in [0.15, 0.2) is 186 Å². The highest BCUT2D eigenvalue weighted by Gasteiger charge is 2.22. The molecule has 4 aromatic heterocycles. The maximum Gasteiger partial charge on any atom is 0.269 e. The monoisotopic (exact) mass is 1130 g/mol. The molecule has 0 spiro atoms. The van der Waals surface area contributed by atoms with Gasteiger partial charge in [0.15, 0.2) is 11.3 Å². The first kappa shape index (κ1) is 46.8. The zero-order valence-corrected chi connectivity index (χ0v) is 41.4. The fourth-order valence-corrected chi connectivity index (χ4v) is 9.24. The molecule has 340 valence electrons. The topological polar surface area (TPSA) is 200 Å². The van der Waals surface area contributed by atoms with Gasteiger partial charge in [0.2, 0.25) is 10.0 Å². The van der Waals surface area contributed by atoms with Gasteiger partial charge in [0.05, 0.1) is 44.9 Å². The van der Waals surface area contributed by atoms with Gasteiger partial charge in [-0.1, -0.05) is 91.5 Å². The summed E-state index contributed by atoms with van der Waals surface area (Å²) in [6.07, 6.45) is 2.82. The van der Waals surface area contributed by atoms with Gasteiger partial charge in [-0.25, -0.2) is 41.3 Å². The predicted octanol–water partition coefficient (Wildman–Crippen LogP) is 9.88. The van der Waals surface area contributed by atoms with Crippen LogP contribution in [0.3, 0.4) is 0 Å². The molecule has 4 heterocycles. The van der Waals surface area contributed by atoms with Gasteiger partial charge in [0.1, 0.15) is 22.4 Å². The third-order valence-corrected chi connectivity index (χ3v) is 14.1. The van der Waals surface area contributed by atoms with Crippen molar-refractivity contribution in [3.05, 3.63) is 198 Å². The van der Waals surface area contributed by atoms with Crippen molar-refractivity contribution in [1.82, 2.24) is 38.7 Å². The van der Waals surface area contributed by atoms with Gasteiger partial charge in [-0.15, -0.1) is 0 Å². The summed E-state index contributed by atoms with van der Waals surface area (Å²) in [5.74, 6) is 0.770. The smallest absolute Gasteiger partial charge is 0.268 e. The number of sulfonamides is 1. The number of benzene rings is 6. The fourth-order valence-electron chi connectivity index (χ4n) is 7.12. The molecule has 22 heteroatoms. The first-order valence-electron chi connectivity index (χ1n) is 19.7. The van der Waals surface area contributed by atoms with Crippen LogP contribution in [0.25, 0.3) is 67.6 Å². The normalized spacial score (nSPS) is 11.7. The summed E-state index contributed by atoms with van der Waals surface area (Å²) in [4.78, 5) is 36.7. The van der Waals surface area contributed by atoms with E-state index in [0.29, 0.717) is 55.6 Å². The lowest BCUT2D eigenvalue weighted by Gasteiger charge is -2.14. The lowest BCUT2D eigenvalue weighted by Crippen LogP contribution is -2.22. The summed E-state index contributed by atoms with van der Waals surface area (Å²) in [5.41, 5.74) is 3.25. The molecular weight excluding hydrogens is 1100 g/mol. The van der Waals surface area contributed by atoms with Crippen LogP contribution >= 0.6 is 65.7 Å². The van der Waals surface area contributed by atoms with Gasteiger partial charge in [0, 0.05) is 40.8 Å². The Labute approximate surface area is 417 Å². The molecule has 0 atom stereocenters. The predicted molar refractivity (Wildman–Crippen MR) is 270 cm³/mol. The van der Waals surface area contributed by atoms with Crippen molar-refractivity contribution in [2.45, 2.75) is 9.79 Å². The quantitative estimate of drug-likeness (QED) is 0.143. The van der Waals surface area contributed by atoms with Crippen molar-refractivity contribution < 1.29 is 16.8 Å². The van der Waals surface area contributed by atoms with Crippen LogP contribution in [0.5, 0.6) is 0 Å². The highest BCUT2D eigenvalue weighted by Crippen LogP contribution is 2.29. The van der Waals surface area contributed by atoms with E-state index in [4.69, 9.17) is 49.0 Å². The van der Waals surface area contributed by atoms with Crippen molar-refractivity contribution in [3.63, 3.8) is 0 Å². The Morgan fingerprint density at radius 2 is 0.882 bits per heavy atom. The number of rotatable bonds is 8. The van der Waals surface area contributed by atoms with Crippen LogP contribution in [-0.4, -0.2) is 55.5 Å². The summed E-state index contributed by atoms with van der Waals surface area (Å²) in [7, 11) is -2.36. The van der Waals surface area contributed by atoms with Crippen LogP contribution in [0, 0.1) is 0 Å². The number of aromatic nitrogens is 8. The Bertz CT molecular complexity index is 3690. The minimum atomic E-state index is -3.95. The van der Waals surface area contributed by atoms with E-state index >= 15 is 0 Å². The molecule has 0 aliphatic heterocycles. The molecule has 0 bridgehead atoms. The van der Waals surface area contributed by atoms with E-state index in [0.717, 1.165) is 8.95 Å². The minimum absolute atomic E-state index is 0.0729. The van der Waals surface area contributed by atoms with E-state index in [9.17, 15) is 26.4 Å². The molecule has 10 rings (SSSR count). The molecule has 0 saturated carbocycles. The minimum Gasteiger partial charge on any atom is -0.268 e. The summed E-state index contributed by atoms with van der Waals surface area (Å²) >= 11 is 19.0. The molecule has 10 aromatic rings. The van der Waals surface area contributed by atoms with Gasteiger partial charge in [-0.2, -0.15) is 10.2 Å². The first-order chi connectivity index (χ1) is 32.4. The van der Waals surface area contributed by atoms with Crippen molar-refractivity contribution in [1.29, 1.82) is 0 Å². The lowest BCUT2D eigenvalue weighted by atomic mass is 10.2. The molecule has 0 saturated heterocycles. The SMILES string of the molecule is NS(=O)(=O)c1cccc(-n2ncc3c(=O)n(-c4ccc(Cl)cc4)c(-c4ccc(Br)cc4)nc32)c1.O=c1c2cnn(-c3cccc(S(=O)(=O)Cl)c3)c2nc(-c2ccc(Br)cc2)n1-c1ccc(Cl)cc1. The van der Waals surface area contributed by atoms with E-state index in [1.807, 2.05) is 48.5 Å². The Kier molecular flexibility index (Phi) is 12.8. The van der Waals surface area contributed by atoms with Gasteiger partial charge in [-0.05, 0) is 109 Å². The Balaban J connectivity index is 0.000000170. The van der Waals surface area contributed by atoms with Crippen LogP contribution in [0.1, 0.15) is 0 Å². The van der Waals surface area contributed by atoms with E-state index < -0.39 is 19.1 Å². The molecule has 2 N–H and O–H groups in total. The second kappa shape index (κ2) is 18.7. The fraction of sp³-hybridized carbons (Fsp3) is 0. The summed E-state index contributed by atoms with van der Waals surface area (Å²) in [6.45, 7) is 0. The van der Waals surface area contributed by atoms with Crippen molar-refractivity contribution in [2.24, 2.45) is 5.14 Å². The number of hydrogen-bond donors (Lipinski definition) is 1. The average molecular weight is 1130 g/mol. The largest absolute Gasteiger partial charge is 0.269 e. The van der Waals surface area contributed by atoms with Crippen molar-refractivity contribution in [2.75, 3.05) is 0 Å². The molecule has 0 radical (unpaired) electrons. The van der Waals surface area contributed by atoms with Crippen molar-refractivity contribution in [3.8, 4) is 45.5 Å². The van der Waals surface area contributed by atoms with Crippen molar-refractivity contribution >= 4 is 107 Å². The maximum atomic E-state index is 13.7. The highest BCUT2D eigenvalue weighted by atomic mass is 79.9. The Hall–Kier alpha value is -6.29. The number of fused-ring (bicyclic) bond motifs is 2. The average Bonchev–Trinajstić information content (AvgIpc) is 3.96. The van der Waals surface area contributed by atoms with Gasteiger partial charge in [-0.3, -0.25) is 18.7 Å². The molecule has 0 aliphatic carbocycles. The zero-order valence-electron chi connectivity index (χ0n) is 34.3. The summed E-state index contributed by atoms with van der Waals surface area (Å²) in [5, 5.41) is 15.5. The molecule has 6 aromatic carbocycles. The van der Waals surface area contributed by atoms with Crippen LogP contribution < -0.4 is 16.3 Å². The second-order valence-corrected chi connectivity index (χ2v) is 21.5. The Morgan fingerprint density at radius 3 is 1.26 bits per heavy atom. The molecule has 68 heavy (non-hydrogen) atoms. The number of hydrogen-bond acceptors (Lipinski definition) is 10. The molecule has 0 aliphatic rings. The van der Waals surface area contributed by atoms with Crippen LogP contribution in [0.2, 0.25) is 10.0 Å². The number of primary sulfonamides is 1. The third-order valence-electron chi connectivity index (χ3n) is 10.3. The van der Waals surface area contributed by atoms with Gasteiger partial charge in [0.25, 0.3) is 20.2 Å². The lowest BCUT2D eigenvalue weighted by molar-refractivity contribution is 0.597. The first-order valence-corrected chi connectivity index (χ1v) is 25.9. The Morgan fingerprint density at radius 1 is 0.500 bits per heavy atom. The standard InChI is InChI=1S/C23H13BrCl2N4O3S.C23H15BrClN5O3S/c2*24-15-6-4-14(5-7-15)21-28-22-20(23(31)29(21)17-10-8-16(25)9-11-17)13-27-30(22)18-2-1-3-19(12-18)34(26,32)33/h1-13H;1-13H,(H2,26,32,33). The van der Waals surface area contributed by atoms with Gasteiger partial charge >= 0.3 is 0 Å². The molecule has 0 amide bonds. The van der Waals surface area contributed by atoms with Crippen LogP contribution in [0.4, 0.5) is 0 Å². The summed E-state index contributed by atoms with van der Waals surface area (Å²) in [6, 6.07) is 40.4. The highest BCUT2D eigenvalue weighted by molar-refractivity contribution is 9.10. The molecule has 15 nitrogen and oxygen atoms in total. The molecule has 0 unspecified atom stereocenters. The third kappa shape index (κ3) is 9.43. The van der Waals surface area contributed by atoms with Gasteiger partial charge < -0.3 is 0 Å². The molecule has 0 fully saturated rings. The number of nitrogens with two attached hydrogens (primary N) is 1. The summed E-state index contributed by atoms with van der Waals surface area (Å²) < 4.78 is 54.9. The van der Waals surface area contributed by atoms with Crippen LogP contribution in [-0.2, 0) is 19.1 Å². The van der Waals surface area contributed by atoms with E-state index in [1.165, 1.54) is 55.2 Å². The number of halogens is 5. The van der Waals surface area contributed by atoms with E-state index in [-0.39, 0.29) is 43.0 Å². The molecular formula is C46H28Br2Cl3N9O6S2. The number of nitrogens with zero attached hydrogens (tertiary/aromatic N) is 8. The maximum absolute atomic E-state index is 13.7. The van der Waals surface area contributed by atoms with E-state index in [2.05, 4.69) is 42.1 Å². The zero-order chi connectivity index (χ0) is 48.1. The second-order valence-electron chi connectivity index (χ2n) is 14.7.